The van der Waals surface area contributed by atoms with E-state index < -0.39 is 17.9 Å². The van der Waals surface area contributed by atoms with Crippen molar-refractivity contribution in [2.24, 2.45) is 0 Å². The van der Waals surface area contributed by atoms with E-state index in [0.717, 1.165) is 11.5 Å². The standard InChI is InChI=1S/C12H17N3O3S/c1-5-6-7(11(17)18)13-10(16)8-9(12(2,3)4)14-15-19-8/h5,7H,1,6H2,2-4H3,(H,13,16)(H,17,18). The number of hydrogen-bond acceptors (Lipinski definition) is 5. The van der Waals surface area contributed by atoms with E-state index in [0.29, 0.717) is 10.6 Å². The number of rotatable bonds is 5. The van der Waals surface area contributed by atoms with Gasteiger partial charge in [-0.25, -0.2) is 4.79 Å². The summed E-state index contributed by atoms with van der Waals surface area (Å²) < 4.78 is 3.77. The third-order valence-corrected chi connectivity index (χ3v) is 3.14. The minimum absolute atomic E-state index is 0.165. The molecule has 1 aromatic rings. The minimum atomic E-state index is -1.09. The molecule has 0 aromatic carbocycles. The minimum Gasteiger partial charge on any atom is -0.480 e. The van der Waals surface area contributed by atoms with Gasteiger partial charge in [-0.2, -0.15) is 0 Å². The van der Waals surface area contributed by atoms with Crippen LogP contribution >= 0.6 is 11.5 Å². The van der Waals surface area contributed by atoms with Crippen LogP contribution in [0.3, 0.4) is 0 Å². The van der Waals surface area contributed by atoms with Crippen molar-refractivity contribution in [2.45, 2.75) is 38.6 Å². The fourth-order valence-corrected chi connectivity index (χ4v) is 2.22. The Hall–Kier alpha value is -1.76. The molecule has 0 radical (unpaired) electrons. The van der Waals surface area contributed by atoms with Crippen molar-refractivity contribution in [1.82, 2.24) is 14.9 Å². The largest absolute Gasteiger partial charge is 0.480 e. The first-order valence-electron chi connectivity index (χ1n) is 5.74. The van der Waals surface area contributed by atoms with Crippen molar-refractivity contribution in [1.29, 1.82) is 0 Å². The first kappa shape index (κ1) is 15.3. The average molecular weight is 283 g/mol. The van der Waals surface area contributed by atoms with Crippen LogP contribution in [0.4, 0.5) is 0 Å². The van der Waals surface area contributed by atoms with Gasteiger partial charge in [0.25, 0.3) is 5.91 Å². The molecule has 0 aliphatic carbocycles. The van der Waals surface area contributed by atoms with Gasteiger partial charge in [0, 0.05) is 5.41 Å². The number of nitrogens with zero attached hydrogens (tertiary/aromatic N) is 2. The first-order valence-corrected chi connectivity index (χ1v) is 6.52. The molecule has 2 N–H and O–H groups in total. The molecule has 1 unspecified atom stereocenters. The van der Waals surface area contributed by atoms with Crippen molar-refractivity contribution >= 4 is 23.4 Å². The number of nitrogens with one attached hydrogen (secondary N) is 1. The smallest absolute Gasteiger partial charge is 0.326 e. The molecule has 0 saturated carbocycles. The number of aromatic nitrogens is 2. The SMILES string of the molecule is C=CCC(NC(=O)c1snnc1C(C)(C)C)C(=O)O. The van der Waals surface area contributed by atoms with Crippen LogP contribution in [-0.4, -0.2) is 32.6 Å². The molecule has 0 spiro atoms. The van der Waals surface area contributed by atoms with Gasteiger partial charge in [0.15, 0.2) is 0 Å². The summed E-state index contributed by atoms with van der Waals surface area (Å²) in [4.78, 5) is 23.4. The summed E-state index contributed by atoms with van der Waals surface area (Å²) in [5.74, 6) is -1.56. The molecule has 19 heavy (non-hydrogen) atoms. The molecule has 0 bridgehead atoms. The molecule has 6 nitrogen and oxygen atoms in total. The Morgan fingerprint density at radius 2 is 2.16 bits per heavy atom. The Morgan fingerprint density at radius 1 is 1.53 bits per heavy atom. The van der Waals surface area contributed by atoms with Crippen molar-refractivity contribution in [3.8, 4) is 0 Å². The first-order chi connectivity index (χ1) is 8.77. The van der Waals surface area contributed by atoms with Crippen LogP contribution in [0.5, 0.6) is 0 Å². The van der Waals surface area contributed by atoms with Crippen LogP contribution in [0.15, 0.2) is 12.7 Å². The Kier molecular flexibility index (Phi) is 4.77. The maximum Gasteiger partial charge on any atom is 0.326 e. The Balaban J connectivity index is 2.92. The van der Waals surface area contributed by atoms with Gasteiger partial charge in [-0.3, -0.25) is 4.79 Å². The lowest BCUT2D eigenvalue weighted by Crippen LogP contribution is -2.40. The summed E-state index contributed by atoms with van der Waals surface area (Å²) in [6.45, 7) is 9.22. The number of carbonyl (C=O) groups excluding carboxylic acids is 1. The number of carboxylic acids is 1. The van der Waals surface area contributed by atoms with Gasteiger partial charge in [-0.05, 0) is 18.0 Å². The van der Waals surface area contributed by atoms with Gasteiger partial charge in [0.05, 0.1) is 5.69 Å². The summed E-state index contributed by atoms with van der Waals surface area (Å²) in [6, 6.07) is -0.986. The second-order valence-corrected chi connectivity index (χ2v) is 5.84. The lowest BCUT2D eigenvalue weighted by Gasteiger charge is -2.17. The molecule has 0 aliphatic rings. The topological polar surface area (TPSA) is 92.2 Å². The molecular weight excluding hydrogens is 266 g/mol. The number of aliphatic carboxylic acids is 1. The molecule has 0 aliphatic heterocycles. The predicted octanol–water partition coefficient (Wildman–Crippen LogP) is 1.59. The highest BCUT2D eigenvalue weighted by atomic mass is 32.1. The number of hydrogen-bond donors (Lipinski definition) is 2. The number of amides is 1. The Morgan fingerprint density at radius 3 is 2.63 bits per heavy atom. The molecule has 1 atom stereocenters. The van der Waals surface area contributed by atoms with Gasteiger partial charge in [0.1, 0.15) is 10.9 Å². The van der Waals surface area contributed by atoms with E-state index in [1.54, 1.807) is 0 Å². The molecule has 104 valence electrons. The average Bonchev–Trinajstić information content (AvgIpc) is 2.76. The van der Waals surface area contributed by atoms with Gasteiger partial charge >= 0.3 is 5.97 Å². The van der Waals surface area contributed by atoms with Gasteiger partial charge < -0.3 is 10.4 Å². The zero-order chi connectivity index (χ0) is 14.6. The molecular formula is C12H17N3O3S. The van der Waals surface area contributed by atoms with Crippen LogP contribution in [0.1, 0.15) is 42.6 Å². The highest BCUT2D eigenvalue weighted by molar-refractivity contribution is 7.08. The Bertz CT molecular complexity index is 491. The van der Waals surface area contributed by atoms with E-state index >= 15 is 0 Å². The lowest BCUT2D eigenvalue weighted by atomic mass is 9.91. The predicted molar refractivity (Wildman–Crippen MR) is 72.3 cm³/mol. The summed E-state index contributed by atoms with van der Waals surface area (Å²) in [5, 5.41) is 15.4. The van der Waals surface area contributed by atoms with E-state index in [-0.39, 0.29) is 11.8 Å². The monoisotopic (exact) mass is 283 g/mol. The molecule has 1 aromatic heterocycles. The number of carbonyl (C=O) groups is 2. The van der Waals surface area contributed by atoms with Crippen molar-refractivity contribution in [3.05, 3.63) is 23.2 Å². The third kappa shape index (κ3) is 3.85. The van der Waals surface area contributed by atoms with E-state index in [4.69, 9.17) is 5.11 Å². The van der Waals surface area contributed by atoms with Crippen LogP contribution < -0.4 is 5.32 Å². The van der Waals surface area contributed by atoms with Crippen LogP contribution in [-0.2, 0) is 10.2 Å². The fourth-order valence-electron chi connectivity index (χ4n) is 1.44. The van der Waals surface area contributed by atoms with Gasteiger partial charge in [-0.15, -0.1) is 11.7 Å². The van der Waals surface area contributed by atoms with Crippen LogP contribution in [0, 0.1) is 0 Å². The third-order valence-electron chi connectivity index (χ3n) is 2.41. The second-order valence-electron chi connectivity index (χ2n) is 5.09. The molecule has 0 fully saturated rings. The second kappa shape index (κ2) is 5.92. The van der Waals surface area contributed by atoms with Crippen molar-refractivity contribution in [3.63, 3.8) is 0 Å². The van der Waals surface area contributed by atoms with E-state index in [9.17, 15) is 9.59 Å². The molecule has 0 saturated heterocycles. The summed E-state index contributed by atoms with van der Waals surface area (Å²) >= 11 is 0.964. The van der Waals surface area contributed by atoms with E-state index in [2.05, 4.69) is 21.5 Å². The van der Waals surface area contributed by atoms with Gasteiger partial charge in [-0.1, -0.05) is 31.3 Å². The van der Waals surface area contributed by atoms with Crippen LogP contribution in [0.2, 0.25) is 0 Å². The van der Waals surface area contributed by atoms with Gasteiger partial charge in [0.2, 0.25) is 0 Å². The molecule has 1 amide bonds. The fraction of sp³-hybridized carbons (Fsp3) is 0.500. The number of carboxylic acid groups (broad SMARTS) is 1. The molecule has 1 heterocycles. The Labute approximate surface area is 115 Å². The maximum absolute atomic E-state index is 12.1. The highest BCUT2D eigenvalue weighted by Gasteiger charge is 2.28. The van der Waals surface area contributed by atoms with Crippen molar-refractivity contribution < 1.29 is 14.7 Å². The zero-order valence-electron chi connectivity index (χ0n) is 11.1. The quantitative estimate of drug-likeness (QED) is 0.801. The van der Waals surface area contributed by atoms with Crippen LogP contribution in [0.25, 0.3) is 0 Å². The summed E-state index contributed by atoms with van der Waals surface area (Å²) in [6.07, 6.45) is 1.62. The van der Waals surface area contributed by atoms with Crippen molar-refractivity contribution in [2.75, 3.05) is 0 Å². The zero-order valence-corrected chi connectivity index (χ0v) is 12.0. The summed E-state index contributed by atoms with van der Waals surface area (Å²) in [7, 11) is 0. The summed E-state index contributed by atoms with van der Waals surface area (Å²) in [5.41, 5.74) is 0.245. The van der Waals surface area contributed by atoms with E-state index in [1.165, 1.54) is 6.08 Å². The lowest BCUT2D eigenvalue weighted by molar-refractivity contribution is -0.139. The maximum atomic E-state index is 12.1. The molecule has 1 rings (SSSR count). The highest BCUT2D eigenvalue weighted by Crippen LogP contribution is 2.25. The molecule has 7 heteroatoms. The normalized spacial score (nSPS) is 12.8. The van der Waals surface area contributed by atoms with E-state index in [1.807, 2.05) is 20.8 Å².